The molecule has 0 aliphatic carbocycles. The van der Waals surface area contributed by atoms with Gasteiger partial charge in [0.15, 0.2) is 0 Å². The highest BCUT2D eigenvalue weighted by atomic mass is 32.2. The van der Waals surface area contributed by atoms with Gasteiger partial charge < -0.3 is 5.32 Å². The van der Waals surface area contributed by atoms with Gasteiger partial charge >= 0.3 is 0 Å². The quantitative estimate of drug-likeness (QED) is 0.857. The topological polar surface area (TPSA) is 58.2 Å². The van der Waals surface area contributed by atoms with Crippen molar-refractivity contribution < 1.29 is 8.42 Å². The lowest BCUT2D eigenvalue weighted by Crippen LogP contribution is -2.29. The number of benzene rings is 1. The van der Waals surface area contributed by atoms with Crippen LogP contribution in [-0.4, -0.2) is 26.5 Å². The van der Waals surface area contributed by atoms with E-state index in [9.17, 15) is 8.42 Å². The Kier molecular flexibility index (Phi) is 4.32. The minimum absolute atomic E-state index is 0.274. The van der Waals surface area contributed by atoms with Crippen molar-refractivity contribution in [3.63, 3.8) is 0 Å². The number of hydrogen-bond acceptors (Lipinski definition) is 4. The maximum Gasteiger partial charge on any atom is 0.240 e. The van der Waals surface area contributed by atoms with Crippen LogP contribution in [0.3, 0.4) is 0 Å². The summed E-state index contributed by atoms with van der Waals surface area (Å²) in [4.78, 5) is 0.359. The maximum absolute atomic E-state index is 12.1. The minimum atomic E-state index is -3.38. The summed E-state index contributed by atoms with van der Waals surface area (Å²) in [5.41, 5.74) is 2.27. The zero-order valence-corrected chi connectivity index (χ0v) is 12.2. The molecule has 1 aromatic rings. The molecular formula is C12H18N2O2S2. The summed E-state index contributed by atoms with van der Waals surface area (Å²) in [6.07, 6.45) is 1.97. The Morgan fingerprint density at radius 2 is 2.11 bits per heavy atom. The van der Waals surface area contributed by atoms with Gasteiger partial charge in [-0.25, -0.2) is 13.1 Å². The highest BCUT2D eigenvalue weighted by Crippen LogP contribution is 2.20. The number of hydrogen-bond donors (Lipinski definition) is 2. The average Bonchev–Trinajstić information content (AvgIpc) is 2.83. The molecule has 0 fully saturated rings. The lowest BCUT2D eigenvalue weighted by atomic mass is 10.1. The first-order valence-corrected chi connectivity index (χ1v) is 8.65. The molecule has 2 N–H and O–H groups in total. The summed E-state index contributed by atoms with van der Waals surface area (Å²) in [5.74, 6) is 0. The molecule has 0 radical (unpaired) electrons. The van der Waals surface area contributed by atoms with Crippen LogP contribution in [-0.2, 0) is 23.1 Å². The standard InChI is InChI=1S/C12H18N2O2S2/c1-9(17-2)6-14-18(15,16)12-4-3-10-7-13-8-11(10)5-12/h3-5,9,13-14H,6-8H2,1-2H3. The predicted molar refractivity (Wildman–Crippen MR) is 75.2 cm³/mol. The van der Waals surface area contributed by atoms with Crippen molar-refractivity contribution in [1.29, 1.82) is 0 Å². The summed E-state index contributed by atoms with van der Waals surface area (Å²) < 4.78 is 26.9. The predicted octanol–water partition coefficient (Wildman–Crippen LogP) is 1.32. The van der Waals surface area contributed by atoms with E-state index in [2.05, 4.69) is 10.0 Å². The van der Waals surface area contributed by atoms with Crippen molar-refractivity contribution in [1.82, 2.24) is 10.0 Å². The van der Waals surface area contributed by atoms with Crippen LogP contribution in [0.4, 0.5) is 0 Å². The molecule has 0 spiro atoms. The molecule has 18 heavy (non-hydrogen) atoms. The van der Waals surface area contributed by atoms with Crippen LogP contribution in [0.25, 0.3) is 0 Å². The first kappa shape index (κ1) is 13.9. The molecular weight excluding hydrogens is 268 g/mol. The Morgan fingerprint density at radius 1 is 1.39 bits per heavy atom. The summed E-state index contributed by atoms with van der Waals surface area (Å²) in [5, 5.41) is 3.48. The number of sulfonamides is 1. The van der Waals surface area contributed by atoms with Crippen molar-refractivity contribution in [2.24, 2.45) is 0 Å². The van der Waals surface area contributed by atoms with Crippen LogP contribution in [0.2, 0.25) is 0 Å². The Balaban J connectivity index is 2.15. The molecule has 100 valence electrons. The van der Waals surface area contributed by atoms with Crippen LogP contribution in [0.5, 0.6) is 0 Å². The highest BCUT2D eigenvalue weighted by Gasteiger charge is 2.18. The van der Waals surface area contributed by atoms with Crippen LogP contribution in [0.15, 0.2) is 23.1 Å². The molecule has 1 aromatic carbocycles. The van der Waals surface area contributed by atoms with Crippen molar-refractivity contribution >= 4 is 21.8 Å². The largest absolute Gasteiger partial charge is 0.309 e. The summed E-state index contributed by atoms with van der Waals surface area (Å²) in [7, 11) is -3.38. The van der Waals surface area contributed by atoms with Crippen molar-refractivity contribution in [2.75, 3.05) is 12.8 Å². The second-order valence-corrected chi connectivity index (χ2v) is 7.48. The normalized spacial score (nSPS) is 16.6. The fourth-order valence-corrected chi connectivity index (χ4v) is 3.37. The highest BCUT2D eigenvalue weighted by molar-refractivity contribution is 7.99. The number of fused-ring (bicyclic) bond motifs is 1. The van der Waals surface area contributed by atoms with Gasteiger partial charge in [-0.1, -0.05) is 13.0 Å². The van der Waals surface area contributed by atoms with Crippen molar-refractivity contribution in [3.05, 3.63) is 29.3 Å². The Bertz CT molecular complexity index is 529. The van der Waals surface area contributed by atoms with Gasteiger partial charge in [-0.05, 0) is 29.5 Å². The van der Waals surface area contributed by atoms with Gasteiger partial charge in [-0.15, -0.1) is 0 Å². The Morgan fingerprint density at radius 3 is 2.83 bits per heavy atom. The lowest BCUT2D eigenvalue weighted by molar-refractivity contribution is 0.581. The van der Waals surface area contributed by atoms with Gasteiger partial charge in [0.25, 0.3) is 0 Å². The van der Waals surface area contributed by atoms with E-state index < -0.39 is 10.0 Å². The number of rotatable bonds is 5. The molecule has 0 aromatic heterocycles. The van der Waals surface area contributed by atoms with E-state index in [1.165, 1.54) is 5.56 Å². The van der Waals surface area contributed by atoms with Gasteiger partial charge in [0.05, 0.1) is 4.90 Å². The molecule has 2 rings (SSSR count). The fraction of sp³-hybridized carbons (Fsp3) is 0.500. The molecule has 4 nitrogen and oxygen atoms in total. The molecule has 0 saturated carbocycles. The van der Waals surface area contributed by atoms with Crippen LogP contribution >= 0.6 is 11.8 Å². The lowest BCUT2D eigenvalue weighted by Gasteiger charge is -2.11. The van der Waals surface area contributed by atoms with E-state index in [0.29, 0.717) is 11.4 Å². The molecule has 1 unspecified atom stereocenters. The Labute approximate surface area is 113 Å². The summed E-state index contributed by atoms with van der Waals surface area (Å²) in [6, 6.07) is 5.33. The summed E-state index contributed by atoms with van der Waals surface area (Å²) >= 11 is 1.64. The van der Waals surface area contributed by atoms with Gasteiger partial charge in [0.1, 0.15) is 0 Å². The Hall–Kier alpha value is -0.560. The minimum Gasteiger partial charge on any atom is -0.309 e. The smallest absolute Gasteiger partial charge is 0.240 e. The number of nitrogens with one attached hydrogen (secondary N) is 2. The van der Waals surface area contributed by atoms with Gasteiger partial charge in [0.2, 0.25) is 10.0 Å². The van der Waals surface area contributed by atoms with E-state index >= 15 is 0 Å². The molecule has 0 bridgehead atoms. The van der Waals surface area contributed by atoms with Crippen LogP contribution in [0.1, 0.15) is 18.1 Å². The first-order valence-electron chi connectivity index (χ1n) is 5.88. The van der Waals surface area contributed by atoms with Gasteiger partial charge in [-0.3, -0.25) is 0 Å². The van der Waals surface area contributed by atoms with E-state index in [-0.39, 0.29) is 5.25 Å². The third-order valence-corrected chi connectivity index (χ3v) is 5.47. The van der Waals surface area contributed by atoms with Crippen molar-refractivity contribution in [3.8, 4) is 0 Å². The molecule has 1 aliphatic heterocycles. The van der Waals surface area contributed by atoms with E-state index in [1.807, 2.05) is 19.2 Å². The monoisotopic (exact) mass is 286 g/mol. The average molecular weight is 286 g/mol. The zero-order valence-electron chi connectivity index (χ0n) is 10.6. The van der Waals surface area contributed by atoms with Crippen molar-refractivity contribution in [2.45, 2.75) is 30.2 Å². The maximum atomic E-state index is 12.1. The van der Waals surface area contributed by atoms with E-state index in [0.717, 1.165) is 18.7 Å². The molecule has 6 heteroatoms. The second kappa shape index (κ2) is 5.61. The molecule has 0 amide bonds. The van der Waals surface area contributed by atoms with E-state index in [1.54, 1.807) is 23.9 Å². The third kappa shape index (κ3) is 3.06. The zero-order chi connectivity index (χ0) is 13.2. The van der Waals surface area contributed by atoms with Gasteiger partial charge in [0, 0.05) is 24.9 Å². The van der Waals surface area contributed by atoms with E-state index in [4.69, 9.17) is 0 Å². The molecule has 1 aliphatic rings. The first-order chi connectivity index (χ1) is 8.53. The second-order valence-electron chi connectivity index (χ2n) is 4.43. The van der Waals surface area contributed by atoms with Crippen LogP contribution in [0, 0.1) is 0 Å². The molecule has 1 atom stereocenters. The fourth-order valence-electron chi connectivity index (χ4n) is 1.83. The van der Waals surface area contributed by atoms with Crippen LogP contribution < -0.4 is 10.0 Å². The summed E-state index contributed by atoms with van der Waals surface area (Å²) in [6.45, 7) is 4.03. The third-order valence-electron chi connectivity index (χ3n) is 3.08. The molecule has 0 saturated heterocycles. The molecule has 1 heterocycles. The number of thioether (sulfide) groups is 1. The SMILES string of the molecule is CSC(C)CNS(=O)(=O)c1ccc2c(c1)CNC2. The van der Waals surface area contributed by atoms with Gasteiger partial charge in [-0.2, -0.15) is 11.8 Å².